The third-order valence-electron chi connectivity index (χ3n) is 7.27. The highest BCUT2D eigenvalue weighted by Crippen LogP contribution is 2.26. The molecule has 0 bridgehead atoms. The van der Waals surface area contributed by atoms with Crippen LogP contribution in [0.3, 0.4) is 0 Å². The first-order valence-corrected chi connectivity index (χ1v) is 15.6. The molecule has 0 radical (unpaired) electrons. The zero-order valence-corrected chi connectivity index (χ0v) is 24.0. The van der Waals surface area contributed by atoms with E-state index in [1.165, 1.54) is 4.31 Å². The number of sulfonamides is 1. The van der Waals surface area contributed by atoms with Crippen molar-refractivity contribution in [3.05, 3.63) is 102 Å². The van der Waals surface area contributed by atoms with Gasteiger partial charge in [-0.25, -0.2) is 8.42 Å². The fraction of sp³-hybridized carbons (Fsp3) is 0.375. The number of carbonyl (C=O) groups excluding carboxylic acids is 2. The van der Waals surface area contributed by atoms with Crippen molar-refractivity contribution in [1.29, 1.82) is 0 Å². The number of benzene rings is 3. The molecule has 1 fully saturated rings. The number of carbonyl (C=O) groups is 2. The topological polar surface area (TPSA) is 86.8 Å². The van der Waals surface area contributed by atoms with Gasteiger partial charge in [0, 0.05) is 32.6 Å². The zero-order chi connectivity index (χ0) is 28.4. The van der Waals surface area contributed by atoms with Crippen molar-refractivity contribution in [3.63, 3.8) is 0 Å². The monoisotopic (exact) mass is 561 g/mol. The molecule has 1 N–H and O–H groups in total. The highest BCUT2D eigenvalue weighted by Gasteiger charge is 2.31. The van der Waals surface area contributed by atoms with Gasteiger partial charge in [-0.2, -0.15) is 4.31 Å². The third-order valence-corrected chi connectivity index (χ3v) is 9.19. The molecule has 3 aromatic carbocycles. The Morgan fingerprint density at radius 1 is 0.875 bits per heavy atom. The summed E-state index contributed by atoms with van der Waals surface area (Å²) in [5, 5.41) is 3.03. The van der Waals surface area contributed by atoms with Crippen LogP contribution in [-0.2, 0) is 32.6 Å². The molecule has 3 aromatic rings. The van der Waals surface area contributed by atoms with Crippen molar-refractivity contribution in [2.45, 2.75) is 62.9 Å². The molecule has 2 amide bonds. The summed E-state index contributed by atoms with van der Waals surface area (Å²) >= 11 is 0. The van der Waals surface area contributed by atoms with Gasteiger partial charge in [0.25, 0.3) is 0 Å². The molecular formula is C32H39N3O4S. The lowest BCUT2D eigenvalue weighted by atomic mass is 10.0. The lowest BCUT2D eigenvalue weighted by Gasteiger charge is -2.32. The molecule has 1 saturated heterocycles. The molecule has 0 aliphatic carbocycles. The van der Waals surface area contributed by atoms with E-state index >= 15 is 0 Å². The predicted molar refractivity (Wildman–Crippen MR) is 157 cm³/mol. The van der Waals surface area contributed by atoms with Gasteiger partial charge in [0.2, 0.25) is 21.8 Å². The standard InChI is InChI=1S/C32H39N3O4S/c1-2-3-22-33-32(37)31(28-14-8-5-9-15-28)35(25-27-12-6-4-7-13-27)30(36)21-18-26-16-19-29(20-17-26)40(38,39)34-23-10-11-24-34/h4-9,12-17,19-20,31H,2-3,10-11,18,21-25H2,1H3,(H,33,37). The molecule has 1 atom stereocenters. The van der Waals surface area contributed by atoms with E-state index in [9.17, 15) is 18.0 Å². The van der Waals surface area contributed by atoms with Gasteiger partial charge < -0.3 is 10.2 Å². The van der Waals surface area contributed by atoms with Gasteiger partial charge in [-0.3, -0.25) is 9.59 Å². The number of hydrogen-bond donors (Lipinski definition) is 1. The molecule has 7 nitrogen and oxygen atoms in total. The predicted octanol–water partition coefficient (Wildman–Crippen LogP) is 5.09. The second kappa shape index (κ2) is 14.2. The van der Waals surface area contributed by atoms with Gasteiger partial charge in [-0.15, -0.1) is 0 Å². The van der Waals surface area contributed by atoms with Gasteiger partial charge >= 0.3 is 0 Å². The number of amides is 2. The summed E-state index contributed by atoms with van der Waals surface area (Å²) in [4.78, 5) is 29.3. The summed E-state index contributed by atoms with van der Waals surface area (Å²) in [6.07, 6.45) is 4.23. The third kappa shape index (κ3) is 7.58. The summed E-state index contributed by atoms with van der Waals surface area (Å²) < 4.78 is 27.3. The molecule has 40 heavy (non-hydrogen) atoms. The summed E-state index contributed by atoms with van der Waals surface area (Å²) in [5.41, 5.74) is 2.57. The Morgan fingerprint density at radius 3 is 2.12 bits per heavy atom. The summed E-state index contributed by atoms with van der Waals surface area (Å²) in [6.45, 7) is 4.04. The number of nitrogens with zero attached hydrogens (tertiary/aromatic N) is 2. The van der Waals surface area contributed by atoms with Crippen molar-refractivity contribution < 1.29 is 18.0 Å². The number of unbranched alkanes of at least 4 members (excludes halogenated alkanes) is 1. The number of aryl methyl sites for hydroxylation is 1. The van der Waals surface area contributed by atoms with Gasteiger partial charge in [-0.05, 0) is 54.5 Å². The van der Waals surface area contributed by atoms with Crippen LogP contribution in [0, 0.1) is 0 Å². The van der Waals surface area contributed by atoms with Crippen LogP contribution in [0.25, 0.3) is 0 Å². The van der Waals surface area contributed by atoms with E-state index in [-0.39, 0.29) is 23.1 Å². The lowest BCUT2D eigenvalue weighted by molar-refractivity contribution is -0.141. The molecular weight excluding hydrogens is 522 g/mol. The molecule has 1 unspecified atom stereocenters. The van der Waals surface area contributed by atoms with E-state index in [2.05, 4.69) is 12.2 Å². The molecule has 1 aliphatic heterocycles. The number of nitrogens with one attached hydrogen (secondary N) is 1. The van der Waals surface area contributed by atoms with Gasteiger partial charge in [0.05, 0.1) is 4.90 Å². The van der Waals surface area contributed by atoms with Crippen molar-refractivity contribution in [2.24, 2.45) is 0 Å². The Hall–Kier alpha value is -3.49. The minimum atomic E-state index is -3.48. The van der Waals surface area contributed by atoms with E-state index in [1.807, 2.05) is 60.7 Å². The fourth-order valence-corrected chi connectivity index (χ4v) is 6.51. The van der Waals surface area contributed by atoms with E-state index < -0.39 is 16.1 Å². The lowest BCUT2D eigenvalue weighted by Crippen LogP contribution is -2.43. The molecule has 0 saturated carbocycles. The first-order valence-electron chi connectivity index (χ1n) is 14.2. The molecule has 1 heterocycles. The largest absolute Gasteiger partial charge is 0.354 e. The quantitative estimate of drug-likeness (QED) is 0.295. The second-order valence-corrected chi connectivity index (χ2v) is 12.2. The van der Waals surface area contributed by atoms with Gasteiger partial charge in [0.1, 0.15) is 6.04 Å². The molecule has 4 rings (SSSR count). The van der Waals surface area contributed by atoms with E-state index in [0.717, 1.165) is 42.4 Å². The van der Waals surface area contributed by atoms with E-state index in [1.54, 1.807) is 29.2 Å². The van der Waals surface area contributed by atoms with Crippen LogP contribution in [-0.4, -0.2) is 49.1 Å². The minimum absolute atomic E-state index is 0.142. The van der Waals surface area contributed by atoms with Crippen molar-refractivity contribution >= 4 is 21.8 Å². The van der Waals surface area contributed by atoms with Crippen molar-refractivity contribution in [3.8, 4) is 0 Å². The first kappa shape index (κ1) is 29.5. The smallest absolute Gasteiger partial charge is 0.247 e. The second-order valence-electron chi connectivity index (χ2n) is 10.2. The van der Waals surface area contributed by atoms with E-state index in [0.29, 0.717) is 32.6 Å². The van der Waals surface area contributed by atoms with Crippen LogP contribution in [0.2, 0.25) is 0 Å². The number of hydrogen-bond acceptors (Lipinski definition) is 4. The highest BCUT2D eigenvalue weighted by molar-refractivity contribution is 7.89. The first-order chi connectivity index (χ1) is 19.4. The van der Waals surface area contributed by atoms with Crippen LogP contribution < -0.4 is 5.32 Å². The average Bonchev–Trinajstić information content (AvgIpc) is 3.53. The molecule has 0 aromatic heterocycles. The van der Waals surface area contributed by atoms with Gasteiger partial charge in [0.15, 0.2) is 0 Å². The molecule has 0 spiro atoms. The van der Waals surface area contributed by atoms with Crippen LogP contribution in [0.1, 0.15) is 61.8 Å². The molecule has 1 aliphatic rings. The highest BCUT2D eigenvalue weighted by atomic mass is 32.2. The van der Waals surface area contributed by atoms with Crippen LogP contribution >= 0.6 is 0 Å². The summed E-state index contributed by atoms with van der Waals surface area (Å²) in [7, 11) is -3.48. The Kier molecular flexibility index (Phi) is 10.5. The number of rotatable bonds is 13. The maximum Gasteiger partial charge on any atom is 0.247 e. The normalized spacial score (nSPS) is 14.5. The van der Waals surface area contributed by atoms with Crippen LogP contribution in [0.5, 0.6) is 0 Å². The Labute approximate surface area is 238 Å². The van der Waals surface area contributed by atoms with Gasteiger partial charge in [-0.1, -0.05) is 86.1 Å². The Bertz CT molecular complexity index is 1340. The SMILES string of the molecule is CCCCNC(=O)C(c1ccccc1)N(Cc1ccccc1)C(=O)CCc1ccc(S(=O)(=O)N2CCCC2)cc1. The van der Waals surface area contributed by atoms with Crippen LogP contribution in [0.15, 0.2) is 89.8 Å². The summed E-state index contributed by atoms with van der Waals surface area (Å²) in [5.74, 6) is -0.336. The van der Waals surface area contributed by atoms with E-state index in [4.69, 9.17) is 0 Å². The Balaban J connectivity index is 1.54. The minimum Gasteiger partial charge on any atom is -0.354 e. The molecule has 8 heteroatoms. The zero-order valence-electron chi connectivity index (χ0n) is 23.2. The van der Waals surface area contributed by atoms with Crippen molar-refractivity contribution in [2.75, 3.05) is 19.6 Å². The molecule has 212 valence electrons. The fourth-order valence-electron chi connectivity index (χ4n) is 5.00. The van der Waals surface area contributed by atoms with Crippen molar-refractivity contribution in [1.82, 2.24) is 14.5 Å². The maximum atomic E-state index is 13.8. The Morgan fingerprint density at radius 2 is 1.50 bits per heavy atom. The average molecular weight is 562 g/mol. The van der Waals surface area contributed by atoms with Crippen LogP contribution in [0.4, 0.5) is 0 Å². The summed E-state index contributed by atoms with van der Waals surface area (Å²) in [6, 6.07) is 25.2. The maximum absolute atomic E-state index is 13.8.